The average molecular weight is 460 g/mol. The zero-order valence-electron chi connectivity index (χ0n) is 19.2. The highest BCUT2D eigenvalue weighted by Gasteiger charge is 2.19. The number of unbranched alkanes of at least 4 members (excludes halogenated alkanes) is 8. The summed E-state index contributed by atoms with van der Waals surface area (Å²) in [6, 6.07) is 18.2. The number of carbonyl (C=O) groups excluding carboxylic acids is 1. The molecule has 1 heterocycles. The summed E-state index contributed by atoms with van der Waals surface area (Å²) in [5, 5.41) is 12.5. The van der Waals surface area contributed by atoms with Crippen molar-refractivity contribution < 1.29 is 4.79 Å². The van der Waals surface area contributed by atoms with Crippen molar-refractivity contribution in [1.82, 2.24) is 15.0 Å². The molecular formula is C28H33N3OS. The molecule has 0 fully saturated rings. The van der Waals surface area contributed by atoms with Gasteiger partial charge < -0.3 is 0 Å². The Labute approximate surface area is 201 Å². The van der Waals surface area contributed by atoms with Crippen LogP contribution in [0, 0.1) is 0 Å². The number of benzene rings is 3. The van der Waals surface area contributed by atoms with Crippen LogP contribution < -0.4 is 0 Å². The molecule has 1 aromatic heterocycles. The van der Waals surface area contributed by atoms with Crippen LogP contribution in [0.1, 0.15) is 73.8 Å². The van der Waals surface area contributed by atoms with Crippen LogP contribution in [0.3, 0.4) is 0 Å². The Morgan fingerprint density at radius 2 is 1.30 bits per heavy atom. The van der Waals surface area contributed by atoms with Crippen molar-refractivity contribution in [2.24, 2.45) is 0 Å². The standard InChI is InChI=1S/C28H33N3OS/c32-28(27-24-16-10-8-14-22(24)20-23-15-9-11-17-25(23)27)26-21-31(30-29-26)18-12-6-4-2-1-3-5-7-13-19-33/h8-11,14-17,20-21,33H,1-7,12-13,18-19H2. The van der Waals surface area contributed by atoms with Gasteiger partial charge in [0.25, 0.3) is 0 Å². The van der Waals surface area contributed by atoms with Gasteiger partial charge >= 0.3 is 0 Å². The first-order valence-electron chi connectivity index (χ1n) is 12.2. The largest absolute Gasteiger partial charge is 0.287 e. The molecule has 0 saturated heterocycles. The van der Waals surface area contributed by atoms with E-state index in [1.54, 1.807) is 6.20 Å². The molecule has 0 atom stereocenters. The van der Waals surface area contributed by atoms with Crippen LogP contribution in [0.15, 0.2) is 60.8 Å². The van der Waals surface area contributed by atoms with Gasteiger partial charge in [-0.05, 0) is 46.2 Å². The third-order valence-electron chi connectivity index (χ3n) is 6.31. The second-order valence-electron chi connectivity index (χ2n) is 8.80. The zero-order chi connectivity index (χ0) is 22.9. The first-order chi connectivity index (χ1) is 16.3. The first-order valence-corrected chi connectivity index (χ1v) is 12.9. The molecule has 0 N–H and O–H groups in total. The number of nitrogens with zero attached hydrogens (tertiary/aromatic N) is 3. The van der Waals surface area contributed by atoms with Gasteiger partial charge in [0.2, 0.25) is 5.78 Å². The Morgan fingerprint density at radius 3 is 1.91 bits per heavy atom. The lowest BCUT2D eigenvalue weighted by atomic mass is 9.93. The van der Waals surface area contributed by atoms with Crippen molar-refractivity contribution in [3.63, 3.8) is 0 Å². The van der Waals surface area contributed by atoms with Gasteiger partial charge in [-0.15, -0.1) is 5.10 Å². The predicted octanol–water partition coefficient (Wildman–Crippen LogP) is 7.26. The third kappa shape index (κ3) is 6.02. The molecule has 4 aromatic rings. The summed E-state index contributed by atoms with van der Waals surface area (Å²) in [5.74, 6) is 0.945. The van der Waals surface area contributed by atoms with Crippen LogP contribution in [0.2, 0.25) is 0 Å². The number of hydrogen-bond acceptors (Lipinski definition) is 4. The maximum atomic E-state index is 13.5. The lowest BCUT2D eigenvalue weighted by Crippen LogP contribution is -2.04. The molecule has 3 aromatic carbocycles. The number of thiol groups is 1. The fraction of sp³-hybridized carbons (Fsp3) is 0.393. The van der Waals surface area contributed by atoms with Crippen molar-refractivity contribution in [1.29, 1.82) is 0 Å². The number of carbonyl (C=O) groups is 1. The molecule has 0 amide bonds. The van der Waals surface area contributed by atoms with Crippen LogP contribution in [-0.2, 0) is 6.54 Å². The minimum atomic E-state index is -0.0628. The molecule has 0 aliphatic carbocycles. The fourth-order valence-electron chi connectivity index (χ4n) is 4.52. The van der Waals surface area contributed by atoms with E-state index < -0.39 is 0 Å². The van der Waals surface area contributed by atoms with Crippen molar-refractivity contribution in [2.75, 3.05) is 5.75 Å². The highest BCUT2D eigenvalue weighted by Crippen LogP contribution is 2.30. The Kier molecular flexibility index (Phi) is 8.53. The van der Waals surface area contributed by atoms with Gasteiger partial charge in [0, 0.05) is 12.1 Å². The lowest BCUT2D eigenvalue weighted by molar-refractivity contribution is 0.103. The van der Waals surface area contributed by atoms with Crippen LogP contribution in [0.5, 0.6) is 0 Å². The summed E-state index contributed by atoms with van der Waals surface area (Å²) in [7, 11) is 0. The van der Waals surface area contributed by atoms with E-state index in [0.717, 1.165) is 40.3 Å². The number of hydrogen-bond donors (Lipinski definition) is 1. The van der Waals surface area contributed by atoms with E-state index in [4.69, 9.17) is 0 Å². The number of aromatic nitrogens is 3. The highest BCUT2D eigenvalue weighted by molar-refractivity contribution is 7.80. The van der Waals surface area contributed by atoms with Crippen molar-refractivity contribution >= 4 is 40.0 Å². The van der Waals surface area contributed by atoms with Gasteiger partial charge in [-0.1, -0.05) is 98.7 Å². The van der Waals surface area contributed by atoms with Crippen LogP contribution >= 0.6 is 12.6 Å². The van der Waals surface area contributed by atoms with Gasteiger partial charge in [0.15, 0.2) is 5.69 Å². The van der Waals surface area contributed by atoms with E-state index in [-0.39, 0.29) is 5.78 Å². The Bertz CT molecular complexity index is 1150. The van der Waals surface area contributed by atoms with Gasteiger partial charge in [0.05, 0.1) is 6.20 Å². The number of ketones is 1. The molecule has 0 aliphatic heterocycles. The molecule has 0 saturated carbocycles. The molecule has 172 valence electrons. The molecule has 0 unspecified atom stereocenters. The Hall–Kier alpha value is -2.66. The van der Waals surface area contributed by atoms with E-state index in [1.165, 1.54) is 51.4 Å². The molecule has 0 spiro atoms. The summed E-state index contributed by atoms with van der Waals surface area (Å²) < 4.78 is 1.82. The van der Waals surface area contributed by atoms with Gasteiger partial charge in [0.1, 0.15) is 0 Å². The SMILES string of the molecule is O=C(c1cn(CCCCCCCCCCCS)nn1)c1c2ccccc2cc2ccccc12. The van der Waals surface area contributed by atoms with E-state index in [2.05, 4.69) is 41.1 Å². The summed E-state index contributed by atoms with van der Waals surface area (Å²) >= 11 is 4.26. The van der Waals surface area contributed by atoms with E-state index in [1.807, 2.05) is 41.1 Å². The van der Waals surface area contributed by atoms with Crippen LogP contribution in [-0.4, -0.2) is 26.5 Å². The molecular weight excluding hydrogens is 426 g/mol. The minimum absolute atomic E-state index is 0.0628. The minimum Gasteiger partial charge on any atom is -0.287 e. The Morgan fingerprint density at radius 1 is 0.758 bits per heavy atom. The fourth-order valence-corrected chi connectivity index (χ4v) is 4.74. The second kappa shape index (κ2) is 12.0. The Balaban J connectivity index is 1.35. The maximum absolute atomic E-state index is 13.5. The number of rotatable bonds is 13. The molecule has 0 bridgehead atoms. The molecule has 0 aliphatic rings. The van der Waals surface area contributed by atoms with Gasteiger partial charge in [-0.2, -0.15) is 12.6 Å². The topological polar surface area (TPSA) is 47.8 Å². The second-order valence-corrected chi connectivity index (χ2v) is 9.24. The van der Waals surface area contributed by atoms with E-state index in [0.29, 0.717) is 11.3 Å². The van der Waals surface area contributed by atoms with Crippen molar-refractivity contribution in [3.8, 4) is 0 Å². The smallest absolute Gasteiger partial charge is 0.216 e. The maximum Gasteiger partial charge on any atom is 0.216 e. The van der Waals surface area contributed by atoms with Gasteiger partial charge in [-0.3, -0.25) is 9.48 Å². The predicted molar refractivity (Wildman–Crippen MR) is 140 cm³/mol. The molecule has 5 heteroatoms. The monoisotopic (exact) mass is 459 g/mol. The molecule has 4 rings (SSSR count). The first kappa shape index (κ1) is 23.5. The normalized spacial score (nSPS) is 11.4. The van der Waals surface area contributed by atoms with Crippen LogP contribution in [0.25, 0.3) is 21.5 Å². The summed E-state index contributed by atoms with van der Waals surface area (Å²) in [6.07, 6.45) is 13.2. The third-order valence-corrected chi connectivity index (χ3v) is 6.63. The van der Waals surface area contributed by atoms with E-state index >= 15 is 0 Å². The van der Waals surface area contributed by atoms with Crippen molar-refractivity contribution in [2.45, 2.75) is 64.3 Å². The summed E-state index contributed by atoms with van der Waals surface area (Å²) in [6.45, 7) is 0.804. The molecule has 0 radical (unpaired) electrons. The zero-order valence-corrected chi connectivity index (χ0v) is 20.1. The summed E-state index contributed by atoms with van der Waals surface area (Å²) in [5.41, 5.74) is 1.13. The molecule has 33 heavy (non-hydrogen) atoms. The highest BCUT2D eigenvalue weighted by atomic mass is 32.1. The molecule has 4 nitrogen and oxygen atoms in total. The lowest BCUT2D eigenvalue weighted by Gasteiger charge is -2.09. The number of aryl methyl sites for hydroxylation is 1. The van der Waals surface area contributed by atoms with E-state index in [9.17, 15) is 4.79 Å². The summed E-state index contributed by atoms with van der Waals surface area (Å²) in [4.78, 5) is 13.5. The average Bonchev–Trinajstić information content (AvgIpc) is 3.32. The van der Waals surface area contributed by atoms with Crippen LogP contribution in [0.4, 0.5) is 0 Å². The van der Waals surface area contributed by atoms with Crippen molar-refractivity contribution in [3.05, 3.63) is 72.1 Å². The van der Waals surface area contributed by atoms with Gasteiger partial charge in [-0.25, -0.2) is 0 Å². The number of fused-ring (bicyclic) bond motifs is 2. The quantitative estimate of drug-likeness (QED) is 0.0991.